The fourth-order valence-electron chi connectivity index (χ4n) is 1.95. The molecule has 2 amide bonds. The van der Waals surface area contributed by atoms with Crippen LogP contribution in [0.2, 0.25) is 0 Å². The molecule has 22 heavy (non-hydrogen) atoms. The lowest BCUT2D eigenvalue weighted by Crippen LogP contribution is -2.19. The van der Waals surface area contributed by atoms with Gasteiger partial charge in [0, 0.05) is 23.4 Å². The average Bonchev–Trinajstić information content (AvgIpc) is 2.50. The summed E-state index contributed by atoms with van der Waals surface area (Å²) in [6, 6.07) is 12.6. The second kappa shape index (κ2) is 7.26. The number of rotatable bonds is 5. The summed E-state index contributed by atoms with van der Waals surface area (Å²) in [6.07, 6.45) is 1.34. The van der Waals surface area contributed by atoms with Crippen LogP contribution in [0.5, 0.6) is 5.75 Å². The van der Waals surface area contributed by atoms with Crippen LogP contribution in [0.1, 0.15) is 30.1 Å². The molecule has 2 rings (SSSR count). The van der Waals surface area contributed by atoms with E-state index < -0.39 is 6.03 Å². The Morgan fingerprint density at radius 2 is 1.41 bits per heavy atom. The molecule has 0 radical (unpaired) electrons. The van der Waals surface area contributed by atoms with Crippen LogP contribution in [0.4, 0.5) is 16.2 Å². The summed E-state index contributed by atoms with van der Waals surface area (Å²) in [4.78, 5) is 23.6. The Hall–Kier alpha value is -2.82. The predicted octanol–water partition coefficient (Wildman–Crippen LogP) is 4.02. The highest BCUT2D eigenvalue weighted by Crippen LogP contribution is 2.15. The molecule has 0 atom stereocenters. The molecule has 0 aromatic heterocycles. The first-order chi connectivity index (χ1) is 10.6. The minimum Gasteiger partial charge on any atom is -0.508 e. The highest BCUT2D eigenvalue weighted by atomic mass is 16.3. The van der Waals surface area contributed by atoms with Crippen molar-refractivity contribution in [2.45, 2.75) is 19.8 Å². The number of anilines is 2. The van der Waals surface area contributed by atoms with Gasteiger partial charge in [0.15, 0.2) is 5.78 Å². The summed E-state index contributed by atoms with van der Waals surface area (Å²) in [7, 11) is 0. The molecule has 0 saturated heterocycles. The van der Waals surface area contributed by atoms with Crippen molar-refractivity contribution >= 4 is 23.2 Å². The van der Waals surface area contributed by atoms with E-state index >= 15 is 0 Å². The van der Waals surface area contributed by atoms with E-state index in [1.807, 2.05) is 6.92 Å². The number of phenols is 1. The molecular weight excluding hydrogens is 280 g/mol. The summed E-state index contributed by atoms with van der Waals surface area (Å²) in [5.41, 5.74) is 1.82. The van der Waals surface area contributed by atoms with Crippen LogP contribution in [-0.2, 0) is 0 Å². The Morgan fingerprint density at radius 3 is 1.91 bits per heavy atom. The molecule has 0 spiro atoms. The van der Waals surface area contributed by atoms with Gasteiger partial charge in [0.05, 0.1) is 0 Å². The van der Waals surface area contributed by atoms with E-state index in [1.54, 1.807) is 36.4 Å². The van der Waals surface area contributed by atoms with E-state index in [4.69, 9.17) is 0 Å². The Kier molecular flexibility index (Phi) is 5.14. The van der Waals surface area contributed by atoms with Gasteiger partial charge in [-0.3, -0.25) is 4.79 Å². The standard InChI is InChI=1S/C17H18N2O3/c1-2-3-16(21)12-4-6-13(7-5-12)18-17(22)19-14-8-10-15(20)11-9-14/h4-11,20H,2-3H2,1H3,(H2,18,19,22). The van der Waals surface area contributed by atoms with Gasteiger partial charge < -0.3 is 15.7 Å². The Bertz CT molecular complexity index is 649. The topological polar surface area (TPSA) is 78.4 Å². The van der Waals surface area contributed by atoms with Crippen LogP contribution in [0.3, 0.4) is 0 Å². The van der Waals surface area contributed by atoms with Crippen LogP contribution >= 0.6 is 0 Å². The molecule has 3 N–H and O–H groups in total. The van der Waals surface area contributed by atoms with Crippen molar-refractivity contribution in [3.8, 4) is 5.75 Å². The van der Waals surface area contributed by atoms with Gasteiger partial charge in [-0.25, -0.2) is 4.79 Å². The predicted molar refractivity (Wildman–Crippen MR) is 86.4 cm³/mol. The van der Waals surface area contributed by atoms with Crippen LogP contribution in [0.15, 0.2) is 48.5 Å². The van der Waals surface area contributed by atoms with Crippen LogP contribution in [0, 0.1) is 0 Å². The van der Waals surface area contributed by atoms with Crippen LogP contribution in [0.25, 0.3) is 0 Å². The molecule has 0 bridgehead atoms. The number of nitrogens with one attached hydrogen (secondary N) is 2. The molecule has 2 aromatic carbocycles. The van der Waals surface area contributed by atoms with Gasteiger partial charge in [0.2, 0.25) is 0 Å². The number of carbonyl (C=O) groups is 2. The van der Waals surface area contributed by atoms with E-state index in [2.05, 4.69) is 10.6 Å². The number of ketones is 1. The van der Waals surface area contributed by atoms with Crippen LogP contribution in [-0.4, -0.2) is 16.9 Å². The Balaban J connectivity index is 1.94. The third kappa shape index (κ3) is 4.34. The van der Waals surface area contributed by atoms with E-state index in [1.165, 1.54) is 12.1 Å². The number of carbonyl (C=O) groups excluding carboxylic acids is 2. The van der Waals surface area contributed by atoms with Gasteiger partial charge in [-0.2, -0.15) is 0 Å². The number of hydrogen-bond acceptors (Lipinski definition) is 3. The average molecular weight is 298 g/mol. The number of hydrogen-bond donors (Lipinski definition) is 3. The molecular formula is C17H18N2O3. The molecule has 0 saturated carbocycles. The maximum atomic E-state index is 11.8. The monoisotopic (exact) mass is 298 g/mol. The zero-order valence-electron chi connectivity index (χ0n) is 12.3. The van der Waals surface area contributed by atoms with E-state index in [-0.39, 0.29) is 11.5 Å². The van der Waals surface area contributed by atoms with Crippen LogP contribution < -0.4 is 10.6 Å². The van der Waals surface area contributed by atoms with Crippen molar-refractivity contribution in [1.82, 2.24) is 0 Å². The number of urea groups is 1. The first-order valence-electron chi connectivity index (χ1n) is 7.09. The number of amides is 2. The fraction of sp³-hybridized carbons (Fsp3) is 0.176. The number of benzene rings is 2. The molecule has 5 heteroatoms. The molecule has 5 nitrogen and oxygen atoms in total. The van der Waals surface area contributed by atoms with Gasteiger partial charge in [0.25, 0.3) is 0 Å². The second-order valence-corrected chi connectivity index (χ2v) is 4.88. The van der Waals surface area contributed by atoms with Crippen molar-refractivity contribution < 1.29 is 14.7 Å². The Labute approximate surface area is 129 Å². The van der Waals surface area contributed by atoms with Gasteiger partial charge in [-0.15, -0.1) is 0 Å². The second-order valence-electron chi connectivity index (χ2n) is 4.88. The van der Waals surface area contributed by atoms with Crippen molar-refractivity contribution in [1.29, 1.82) is 0 Å². The lowest BCUT2D eigenvalue weighted by atomic mass is 10.1. The lowest BCUT2D eigenvalue weighted by molar-refractivity contribution is 0.0981. The highest BCUT2D eigenvalue weighted by Gasteiger charge is 2.06. The summed E-state index contributed by atoms with van der Waals surface area (Å²) in [6.45, 7) is 1.96. The molecule has 0 aliphatic carbocycles. The first kappa shape index (κ1) is 15.6. The molecule has 0 aliphatic rings. The van der Waals surface area contributed by atoms with Crippen molar-refractivity contribution in [2.75, 3.05) is 10.6 Å². The summed E-state index contributed by atoms with van der Waals surface area (Å²) in [5.74, 6) is 0.237. The van der Waals surface area contributed by atoms with Gasteiger partial charge in [-0.05, 0) is 55.0 Å². The van der Waals surface area contributed by atoms with E-state index in [0.29, 0.717) is 23.4 Å². The van der Waals surface area contributed by atoms with Crippen molar-refractivity contribution in [3.63, 3.8) is 0 Å². The van der Waals surface area contributed by atoms with Crippen molar-refractivity contribution in [3.05, 3.63) is 54.1 Å². The number of phenolic OH excluding ortho intramolecular Hbond substituents is 1. The molecule has 114 valence electrons. The lowest BCUT2D eigenvalue weighted by Gasteiger charge is -2.08. The van der Waals surface area contributed by atoms with Gasteiger partial charge in [0.1, 0.15) is 5.75 Å². The zero-order valence-corrected chi connectivity index (χ0v) is 12.3. The third-order valence-corrected chi connectivity index (χ3v) is 3.07. The molecule has 2 aromatic rings. The fourth-order valence-corrected chi connectivity index (χ4v) is 1.95. The molecule has 0 unspecified atom stereocenters. The molecule has 0 heterocycles. The zero-order chi connectivity index (χ0) is 15.9. The maximum Gasteiger partial charge on any atom is 0.323 e. The van der Waals surface area contributed by atoms with Crippen molar-refractivity contribution in [2.24, 2.45) is 0 Å². The largest absolute Gasteiger partial charge is 0.508 e. The maximum absolute atomic E-state index is 11.8. The normalized spacial score (nSPS) is 10.0. The third-order valence-electron chi connectivity index (χ3n) is 3.07. The summed E-state index contributed by atoms with van der Waals surface area (Å²) in [5, 5.41) is 14.5. The minimum absolute atomic E-state index is 0.0996. The van der Waals surface area contributed by atoms with E-state index in [0.717, 1.165) is 6.42 Å². The molecule has 0 aliphatic heterocycles. The summed E-state index contributed by atoms with van der Waals surface area (Å²) < 4.78 is 0. The smallest absolute Gasteiger partial charge is 0.323 e. The molecule has 0 fully saturated rings. The van der Waals surface area contributed by atoms with Gasteiger partial charge in [-0.1, -0.05) is 6.92 Å². The van der Waals surface area contributed by atoms with E-state index in [9.17, 15) is 14.7 Å². The first-order valence-corrected chi connectivity index (χ1v) is 7.09. The number of Topliss-reactive ketones (excluding diaryl/α,β-unsaturated/α-hetero) is 1. The minimum atomic E-state index is -0.390. The SMILES string of the molecule is CCCC(=O)c1ccc(NC(=O)Nc2ccc(O)cc2)cc1. The summed E-state index contributed by atoms with van der Waals surface area (Å²) >= 11 is 0. The Morgan fingerprint density at radius 1 is 0.909 bits per heavy atom. The highest BCUT2D eigenvalue weighted by molar-refractivity contribution is 6.00. The van der Waals surface area contributed by atoms with Gasteiger partial charge >= 0.3 is 6.03 Å². The number of aromatic hydroxyl groups is 1. The quantitative estimate of drug-likeness (QED) is 0.576.